The summed E-state index contributed by atoms with van der Waals surface area (Å²) in [6.45, 7) is 6.17. The van der Waals surface area contributed by atoms with Gasteiger partial charge in [-0.1, -0.05) is 18.5 Å². The zero-order valence-corrected chi connectivity index (χ0v) is 16.1. The van der Waals surface area contributed by atoms with Gasteiger partial charge in [0, 0.05) is 36.1 Å². The minimum absolute atomic E-state index is 0.267. The number of anilines is 2. The number of hydrogen-bond donors (Lipinski definition) is 1. The molecule has 1 amide bonds. The number of ether oxygens (including phenoxy) is 1. The summed E-state index contributed by atoms with van der Waals surface area (Å²) in [5, 5.41) is 3.48. The number of carbonyl (C=O) groups excluding carboxylic acids is 1. The number of halogens is 1. The second-order valence-electron chi connectivity index (χ2n) is 6.85. The number of methoxy groups -OCH3 is 1. The molecule has 1 saturated heterocycles. The molecular formula is C20H24ClN3O2. The first-order valence-electron chi connectivity index (χ1n) is 8.84. The summed E-state index contributed by atoms with van der Waals surface area (Å²) in [6, 6.07) is 7.31. The van der Waals surface area contributed by atoms with E-state index in [0.717, 1.165) is 24.3 Å². The zero-order valence-electron chi connectivity index (χ0n) is 15.4. The highest BCUT2D eigenvalue weighted by Gasteiger charge is 2.19. The molecule has 1 aliphatic rings. The van der Waals surface area contributed by atoms with Gasteiger partial charge < -0.3 is 15.0 Å². The van der Waals surface area contributed by atoms with Gasteiger partial charge in [0.25, 0.3) is 5.91 Å². The molecular weight excluding hydrogens is 350 g/mol. The monoisotopic (exact) mass is 373 g/mol. The van der Waals surface area contributed by atoms with Crippen molar-refractivity contribution < 1.29 is 9.53 Å². The second-order valence-corrected chi connectivity index (χ2v) is 7.26. The van der Waals surface area contributed by atoms with Crippen LogP contribution in [-0.4, -0.2) is 31.1 Å². The standard InChI is InChI=1S/C20H24ClN3O2/c1-13-5-4-8-24(12-13)15-6-7-22-18(10-15)20(25)23-17-9-14(2)16(21)11-19(17)26-3/h6-7,9-11,13H,4-5,8,12H2,1-3H3,(H,23,25). The number of aromatic nitrogens is 1. The average molecular weight is 374 g/mol. The smallest absolute Gasteiger partial charge is 0.274 e. The van der Waals surface area contributed by atoms with Crippen LogP contribution in [0.4, 0.5) is 11.4 Å². The van der Waals surface area contributed by atoms with Crippen LogP contribution in [0.2, 0.25) is 5.02 Å². The fourth-order valence-corrected chi connectivity index (χ4v) is 3.43. The van der Waals surface area contributed by atoms with E-state index in [9.17, 15) is 4.79 Å². The van der Waals surface area contributed by atoms with Crippen LogP contribution in [0.25, 0.3) is 0 Å². The van der Waals surface area contributed by atoms with Crippen molar-refractivity contribution in [2.45, 2.75) is 26.7 Å². The molecule has 1 atom stereocenters. The lowest BCUT2D eigenvalue weighted by Crippen LogP contribution is -2.34. The number of hydrogen-bond acceptors (Lipinski definition) is 4. The molecule has 0 radical (unpaired) electrons. The van der Waals surface area contributed by atoms with Crippen molar-refractivity contribution in [2.75, 3.05) is 30.4 Å². The normalized spacial score (nSPS) is 17.1. The molecule has 1 aliphatic heterocycles. The predicted octanol–water partition coefficient (Wildman–Crippen LogP) is 4.54. The van der Waals surface area contributed by atoms with Gasteiger partial charge in [0.15, 0.2) is 0 Å². The Balaban J connectivity index is 1.80. The summed E-state index contributed by atoms with van der Waals surface area (Å²) in [4.78, 5) is 19.3. The first kappa shape index (κ1) is 18.5. The number of aryl methyl sites for hydroxylation is 1. The lowest BCUT2D eigenvalue weighted by Gasteiger charge is -2.32. The van der Waals surface area contributed by atoms with Crippen LogP contribution in [-0.2, 0) is 0 Å². The summed E-state index contributed by atoms with van der Waals surface area (Å²) < 4.78 is 5.32. The molecule has 2 heterocycles. The Bertz CT molecular complexity index is 810. The molecule has 0 bridgehead atoms. The topological polar surface area (TPSA) is 54.5 Å². The molecule has 1 N–H and O–H groups in total. The van der Waals surface area contributed by atoms with Crippen LogP contribution in [0.1, 0.15) is 35.8 Å². The Kier molecular flexibility index (Phi) is 5.67. The van der Waals surface area contributed by atoms with Gasteiger partial charge in [-0.25, -0.2) is 0 Å². The number of piperidine rings is 1. The van der Waals surface area contributed by atoms with Gasteiger partial charge in [-0.3, -0.25) is 9.78 Å². The SMILES string of the molecule is COc1cc(Cl)c(C)cc1NC(=O)c1cc(N2CCCC(C)C2)ccn1. The first-order chi connectivity index (χ1) is 12.5. The number of amides is 1. The van der Waals surface area contributed by atoms with Crippen molar-refractivity contribution >= 4 is 28.9 Å². The average Bonchev–Trinajstić information content (AvgIpc) is 2.64. The lowest BCUT2D eigenvalue weighted by molar-refractivity contribution is 0.102. The molecule has 138 valence electrons. The Morgan fingerprint density at radius 1 is 1.38 bits per heavy atom. The zero-order chi connectivity index (χ0) is 18.7. The summed E-state index contributed by atoms with van der Waals surface area (Å²) >= 11 is 6.13. The highest BCUT2D eigenvalue weighted by molar-refractivity contribution is 6.31. The molecule has 1 aromatic carbocycles. The van der Waals surface area contributed by atoms with Crippen molar-refractivity contribution in [3.63, 3.8) is 0 Å². The minimum Gasteiger partial charge on any atom is -0.495 e. The van der Waals surface area contributed by atoms with E-state index >= 15 is 0 Å². The largest absolute Gasteiger partial charge is 0.495 e. The Morgan fingerprint density at radius 2 is 2.19 bits per heavy atom. The van der Waals surface area contributed by atoms with Crippen molar-refractivity contribution in [1.82, 2.24) is 4.98 Å². The fraction of sp³-hybridized carbons (Fsp3) is 0.400. The second kappa shape index (κ2) is 7.96. The predicted molar refractivity (Wildman–Crippen MR) is 106 cm³/mol. The Labute approximate surface area is 159 Å². The molecule has 1 fully saturated rings. The number of nitrogens with one attached hydrogen (secondary N) is 1. The molecule has 1 unspecified atom stereocenters. The quantitative estimate of drug-likeness (QED) is 0.854. The summed E-state index contributed by atoms with van der Waals surface area (Å²) in [6.07, 6.45) is 4.12. The van der Waals surface area contributed by atoms with E-state index < -0.39 is 0 Å². The van der Waals surface area contributed by atoms with Crippen LogP contribution < -0.4 is 15.0 Å². The minimum atomic E-state index is -0.267. The van der Waals surface area contributed by atoms with Gasteiger partial charge in [0.05, 0.1) is 12.8 Å². The maximum Gasteiger partial charge on any atom is 0.274 e. The van der Waals surface area contributed by atoms with Crippen molar-refractivity contribution in [3.8, 4) is 5.75 Å². The number of nitrogens with zero attached hydrogens (tertiary/aromatic N) is 2. The molecule has 0 aliphatic carbocycles. The van der Waals surface area contributed by atoms with E-state index in [-0.39, 0.29) is 5.91 Å². The van der Waals surface area contributed by atoms with Crippen LogP contribution in [0.5, 0.6) is 5.75 Å². The maximum atomic E-state index is 12.7. The maximum absolute atomic E-state index is 12.7. The van der Waals surface area contributed by atoms with E-state index in [4.69, 9.17) is 16.3 Å². The number of rotatable bonds is 4. The van der Waals surface area contributed by atoms with Crippen LogP contribution in [0.3, 0.4) is 0 Å². The third-order valence-electron chi connectivity index (χ3n) is 4.73. The molecule has 3 rings (SSSR count). The molecule has 0 saturated carbocycles. The number of pyridine rings is 1. The number of benzene rings is 1. The summed E-state index contributed by atoms with van der Waals surface area (Å²) in [7, 11) is 1.55. The highest BCUT2D eigenvalue weighted by Crippen LogP contribution is 2.31. The third kappa shape index (κ3) is 4.10. The van der Waals surface area contributed by atoms with Gasteiger partial charge in [0.2, 0.25) is 0 Å². The molecule has 1 aromatic heterocycles. The fourth-order valence-electron chi connectivity index (χ4n) is 3.28. The van der Waals surface area contributed by atoms with Crippen molar-refractivity contribution in [3.05, 3.63) is 46.7 Å². The van der Waals surface area contributed by atoms with Crippen molar-refractivity contribution in [1.29, 1.82) is 0 Å². The van der Waals surface area contributed by atoms with Gasteiger partial charge in [-0.15, -0.1) is 0 Å². The molecule has 26 heavy (non-hydrogen) atoms. The summed E-state index contributed by atoms with van der Waals surface area (Å²) in [5.74, 6) is 0.919. The van der Waals surface area contributed by atoms with Gasteiger partial charge in [-0.2, -0.15) is 0 Å². The van der Waals surface area contributed by atoms with Crippen LogP contribution in [0.15, 0.2) is 30.5 Å². The van der Waals surface area contributed by atoms with Gasteiger partial charge in [0.1, 0.15) is 11.4 Å². The lowest BCUT2D eigenvalue weighted by atomic mass is 10.00. The summed E-state index contributed by atoms with van der Waals surface area (Å²) in [5.41, 5.74) is 2.87. The van der Waals surface area contributed by atoms with E-state index in [2.05, 4.69) is 22.1 Å². The van der Waals surface area contributed by atoms with E-state index in [1.54, 1.807) is 25.4 Å². The van der Waals surface area contributed by atoms with Crippen LogP contribution in [0, 0.1) is 12.8 Å². The third-order valence-corrected chi connectivity index (χ3v) is 5.13. The van der Waals surface area contributed by atoms with Gasteiger partial charge >= 0.3 is 0 Å². The van der Waals surface area contributed by atoms with Gasteiger partial charge in [-0.05, 0) is 49.4 Å². The molecule has 6 heteroatoms. The molecule has 2 aromatic rings. The first-order valence-corrected chi connectivity index (χ1v) is 9.22. The number of carbonyl (C=O) groups is 1. The van der Waals surface area contributed by atoms with Crippen LogP contribution >= 0.6 is 11.6 Å². The van der Waals surface area contributed by atoms with E-state index in [0.29, 0.717) is 28.1 Å². The Hall–Kier alpha value is -2.27. The molecule has 5 nitrogen and oxygen atoms in total. The van der Waals surface area contributed by atoms with Crippen molar-refractivity contribution in [2.24, 2.45) is 5.92 Å². The van der Waals surface area contributed by atoms with E-state index in [1.165, 1.54) is 12.8 Å². The van der Waals surface area contributed by atoms with E-state index in [1.807, 2.05) is 19.1 Å². The molecule has 0 spiro atoms. The highest BCUT2D eigenvalue weighted by atomic mass is 35.5. The Morgan fingerprint density at radius 3 is 2.92 bits per heavy atom.